The summed E-state index contributed by atoms with van der Waals surface area (Å²) in [6.07, 6.45) is 40.1. The molecule has 0 N–H and O–H groups in total. The molecule has 0 heterocycles. The number of unbranched alkanes of at least 4 members (excludes halogenated alkanes) is 28. The van der Waals surface area contributed by atoms with Crippen molar-refractivity contribution in [2.24, 2.45) is 0 Å². The molecule has 0 unspecified atom stereocenters. The fourth-order valence-electron chi connectivity index (χ4n) is 5.51. The van der Waals surface area contributed by atoms with Crippen LogP contribution in [-0.2, 0) is 14.3 Å². The van der Waals surface area contributed by atoms with Gasteiger partial charge in [-0.3, -0.25) is 9.59 Å². The first-order valence-electron chi connectivity index (χ1n) is 17.9. The molecule has 0 aliphatic heterocycles. The van der Waals surface area contributed by atoms with E-state index in [1.54, 1.807) is 0 Å². The van der Waals surface area contributed by atoms with Gasteiger partial charge in [0.05, 0.1) is 0 Å². The van der Waals surface area contributed by atoms with Crippen LogP contribution in [0.5, 0.6) is 0 Å². The van der Waals surface area contributed by atoms with Gasteiger partial charge in [-0.2, -0.15) is 0 Å². The molecule has 3 nitrogen and oxygen atoms in total. The summed E-state index contributed by atoms with van der Waals surface area (Å²) in [7, 11) is 0. The molecular formula is C36H72KNaO3. The van der Waals surface area contributed by atoms with Crippen LogP contribution in [0.1, 0.15) is 219 Å². The Morgan fingerprint density at radius 2 is 0.512 bits per heavy atom. The van der Waals surface area contributed by atoms with E-state index < -0.39 is 0 Å². The SMILES string of the molecule is CCCCCCCCCCCCCCCCCC(=O)OC(=O)CCCCCCCCCCCCCCCCC.[KH].[NaH]. The average Bonchev–Trinajstić information content (AvgIpc) is 2.93. The third-order valence-corrected chi connectivity index (χ3v) is 8.20. The molecule has 0 saturated carbocycles. The summed E-state index contributed by atoms with van der Waals surface area (Å²) in [6, 6.07) is 0. The quantitative estimate of drug-likeness (QED) is 0.0328. The van der Waals surface area contributed by atoms with Crippen LogP contribution in [0, 0.1) is 0 Å². The normalized spacial score (nSPS) is 10.7. The van der Waals surface area contributed by atoms with Gasteiger partial charge in [0.2, 0.25) is 0 Å². The molecule has 0 aliphatic rings. The first-order valence-corrected chi connectivity index (χ1v) is 17.9. The molecule has 41 heavy (non-hydrogen) atoms. The molecule has 0 aromatic carbocycles. The van der Waals surface area contributed by atoms with Crippen molar-refractivity contribution in [2.75, 3.05) is 0 Å². The molecule has 0 rings (SSSR count). The maximum atomic E-state index is 11.9. The van der Waals surface area contributed by atoms with Crippen molar-refractivity contribution >= 4 is 92.9 Å². The summed E-state index contributed by atoms with van der Waals surface area (Å²) in [5.74, 6) is -0.647. The number of hydrogen-bond donors (Lipinski definition) is 0. The molecule has 0 aromatic heterocycles. The van der Waals surface area contributed by atoms with Gasteiger partial charge < -0.3 is 4.74 Å². The van der Waals surface area contributed by atoms with Crippen LogP contribution in [0.2, 0.25) is 0 Å². The van der Waals surface area contributed by atoms with Crippen molar-refractivity contribution in [1.29, 1.82) is 0 Å². The number of carbonyl (C=O) groups is 2. The minimum atomic E-state index is -0.323. The molecular weight excluding hydrogens is 542 g/mol. The molecule has 0 saturated heterocycles. The van der Waals surface area contributed by atoms with Crippen LogP contribution in [0.4, 0.5) is 0 Å². The van der Waals surface area contributed by atoms with Gasteiger partial charge in [0, 0.05) is 12.8 Å². The summed E-state index contributed by atoms with van der Waals surface area (Å²) in [6.45, 7) is 4.55. The Bertz CT molecular complexity index is 471. The second kappa shape index (κ2) is 41.8. The van der Waals surface area contributed by atoms with E-state index in [4.69, 9.17) is 4.74 Å². The van der Waals surface area contributed by atoms with Gasteiger partial charge >= 0.3 is 92.9 Å². The summed E-state index contributed by atoms with van der Waals surface area (Å²) < 4.78 is 5.01. The average molecular weight is 615 g/mol. The zero-order valence-corrected chi connectivity index (χ0v) is 26.9. The van der Waals surface area contributed by atoms with E-state index in [2.05, 4.69) is 13.8 Å². The number of carbonyl (C=O) groups excluding carboxylic acids is 2. The van der Waals surface area contributed by atoms with Gasteiger partial charge in [0.15, 0.2) is 0 Å². The van der Waals surface area contributed by atoms with E-state index >= 15 is 0 Å². The van der Waals surface area contributed by atoms with Crippen LogP contribution < -0.4 is 0 Å². The molecule has 0 spiro atoms. The molecule has 236 valence electrons. The summed E-state index contributed by atoms with van der Waals surface area (Å²) >= 11 is 0. The minimum absolute atomic E-state index is 0. The van der Waals surface area contributed by atoms with E-state index in [1.807, 2.05) is 0 Å². The Morgan fingerprint density at radius 3 is 0.707 bits per heavy atom. The van der Waals surface area contributed by atoms with Crippen molar-refractivity contribution in [3.8, 4) is 0 Å². The van der Waals surface area contributed by atoms with E-state index in [9.17, 15) is 9.59 Å². The second-order valence-corrected chi connectivity index (χ2v) is 12.2. The van der Waals surface area contributed by atoms with Gasteiger partial charge in [0.25, 0.3) is 0 Å². The van der Waals surface area contributed by atoms with Crippen molar-refractivity contribution in [3.63, 3.8) is 0 Å². The zero-order chi connectivity index (χ0) is 28.5. The Morgan fingerprint density at radius 1 is 0.341 bits per heavy atom. The van der Waals surface area contributed by atoms with Gasteiger partial charge in [-0.25, -0.2) is 0 Å². The molecule has 0 aromatic rings. The Balaban J connectivity index is -0.00000722. The summed E-state index contributed by atoms with van der Waals surface area (Å²) in [5, 5.41) is 0. The number of hydrogen-bond acceptors (Lipinski definition) is 3. The first-order chi connectivity index (χ1) is 19.2. The van der Waals surface area contributed by atoms with Crippen LogP contribution in [0.25, 0.3) is 0 Å². The monoisotopic (exact) mass is 615 g/mol. The number of rotatable bonds is 32. The standard InChI is InChI=1S/C36H70O3.K.Na.2H/c1-3-5-7-9-11-13-15-17-19-21-23-25-27-29-31-33-35(37)39-36(38)34-32-30-28-26-24-22-20-18-16-14-12-10-8-6-4-2;;;;/h3-34H2,1-2H3;;;;. The Kier molecular flexibility index (Phi) is 48.1. The second-order valence-electron chi connectivity index (χ2n) is 12.2. The van der Waals surface area contributed by atoms with E-state index in [-0.39, 0.29) is 92.9 Å². The van der Waals surface area contributed by atoms with Gasteiger partial charge in [0.1, 0.15) is 0 Å². The van der Waals surface area contributed by atoms with E-state index in [0.29, 0.717) is 12.8 Å². The Hall–Kier alpha value is 1.78. The van der Waals surface area contributed by atoms with Crippen molar-refractivity contribution in [3.05, 3.63) is 0 Å². The molecule has 0 amide bonds. The van der Waals surface area contributed by atoms with Gasteiger partial charge in [-0.05, 0) is 12.8 Å². The molecule has 0 bridgehead atoms. The fourth-order valence-corrected chi connectivity index (χ4v) is 5.51. The van der Waals surface area contributed by atoms with Gasteiger partial charge in [-0.1, -0.05) is 194 Å². The zero-order valence-electron chi connectivity index (χ0n) is 26.9. The fraction of sp³-hybridized carbons (Fsp3) is 0.944. The van der Waals surface area contributed by atoms with Crippen LogP contribution >= 0.6 is 0 Å². The molecule has 0 radical (unpaired) electrons. The molecule has 0 aliphatic carbocycles. The maximum absolute atomic E-state index is 11.9. The molecule has 0 atom stereocenters. The third kappa shape index (κ3) is 41.8. The van der Waals surface area contributed by atoms with Crippen LogP contribution in [0.15, 0.2) is 0 Å². The summed E-state index contributed by atoms with van der Waals surface area (Å²) in [4.78, 5) is 23.8. The van der Waals surface area contributed by atoms with Gasteiger partial charge in [-0.15, -0.1) is 0 Å². The first kappa shape index (κ1) is 47.2. The van der Waals surface area contributed by atoms with Crippen molar-refractivity contribution in [1.82, 2.24) is 0 Å². The van der Waals surface area contributed by atoms with E-state index in [1.165, 1.54) is 167 Å². The number of ether oxygens (including phenoxy) is 1. The predicted molar refractivity (Wildman–Crippen MR) is 184 cm³/mol. The van der Waals surface area contributed by atoms with Crippen LogP contribution in [0.3, 0.4) is 0 Å². The summed E-state index contributed by atoms with van der Waals surface area (Å²) in [5.41, 5.74) is 0. The Labute approximate surface area is 322 Å². The van der Waals surface area contributed by atoms with Crippen molar-refractivity contribution < 1.29 is 14.3 Å². The molecule has 5 heteroatoms. The van der Waals surface area contributed by atoms with E-state index in [0.717, 1.165) is 25.7 Å². The molecule has 0 fully saturated rings. The number of esters is 2. The third-order valence-electron chi connectivity index (χ3n) is 8.20. The van der Waals surface area contributed by atoms with Crippen molar-refractivity contribution in [2.45, 2.75) is 219 Å². The van der Waals surface area contributed by atoms with Crippen LogP contribution in [-0.4, -0.2) is 92.9 Å². The predicted octanol–water partition coefficient (Wildman–Crippen LogP) is 11.3. The topological polar surface area (TPSA) is 43.4 Å².